The van der Waals surface area contributed by atoms with E-state index in [1.165, 1.54) is 23.5 Å². The summed E-state index contributed by atoms with van der Waals surface area (Å²) in [6.07, 6.45) is 1.79. The molecule has 0 saturated heterocycles. The Kier molecular flexibility index (Phi) is 3.52. The Hall–Kier alpha value is -0.410. The Balaban J connectivity index is 2.58. The lowest BCUT2D eigenvalue weighted by Gasteiger charge is -1.94. The fourth-order valence-electron chi connectivity index (χ4n) is 0.626. The normalized spacial score (nSPS) is 9.55. The van der Waals surface area contributed by atoms with Crippen LogP contribution in [0.4, 0.5) is 4.79 Å². The van der Waals surface area contributed by atoms with Gasteiger partial charge in [-0.25, -0.2) is 0 Å². The van der Waals surface area contributed by atoms with Gasteiger partial charge in [-0.2, -0.15) is 0 Å². The Morgan fingerprint density at radius 1 is 1.27 bits per heavy atom. The van der Waals surface area contributed by atoms with E-state index in [1.807, 2.05) is 30.3 Å². The van der Waals surface area contributed by atoms with Gasteiger partial charge < -0.3 is 0 Å². The summed E-state index contributed by atoms with van der Waals surface area (Å²) in [6.45, 7) is 0. The van der Waals surface area contributed by atoms with Crippen molar-refractivity contribution in [3.8, 4) is 0 Å². The van der Waals surface area contributed by atoms with E-state index in [1.54, 1.807) is 6.26 Å². The van der Waals surface area contributed by atoms with Gasteiger partial charge >= 0.3 is 0 Å². The van der Waals surface area contributed by atoms with Crippen molar-refractivity contribution in [1.82, 2.24) is 0 Å². The van der Waals surface area contributed by atoms with Crippen molar-refractivity contribution in [2.24, 2.45) is 0 Å². The van der Waals surface area contributed by atoms with E-state index >= 15 is 0 Å². The van der Waals surface area contributed by atoms with Crippen molar-refractivity contribution in [3.05, 3.63) is 30.3 Å². The van der Waals surface area contributed by atoms with Crippen LogP contribution in [-0.2, 0) is 0 Å². The van der Waals surface area contributed by atoms with Crippen LogP contribution >= 0.6 is 23.5 Å². The molecule has 0 spiro atoms. The Morgan fingerprint density at radius 3 is 2.45 bits per heavy atom. The first-order chi connectivity index (χ1) is 5.33. The minimum Gasteiger partial charge on any atom is -0.274 e. The van der Waals surface area contributed by atoms with E-state index in [4.69, 9.17) is 0 Å². The molecular formula is C8H8OS2. The maximum Gasteiger partial charge on any atom is 0.250 e. The number of thioether (sulfide) groups is 2. The summed E-state index contributed by atoms with van der Waals surface area (Å²) in [4.78, 5) is 11.9. The number of hydrogen-bond acceptors (Lipinski definition) is 3. The van der Waals surface area contributed by atoms with Gasteiger partial charge in [0.2, 0.25) is 0 Å². The summed E-state index contributed by atoms with van der Waals surface area (Å²) in [6, 6.07) is 9.65. The van der Waals surface area contributed by atoms with Gasteiger partial charge in [-0.05, 0) is 30.2 Å². The van der Waals surface area contributed by atoms with Crippen LogP contribution < -0.4 is 0 Å². The van der Waals surface area contributed by atoms with Gasteiger partial charge in [-0.15, -0.1) is 0 Å². The van der Waals surface area contributed by atoms with Gasteiger partial charge in [0.1, 0.15) is 0 Å². The second-order valence-corrected chi connectivity index (χ2v) is 3.95. The molecule has 0 atom stereocenters. The van der Waals surface area contributed by atoms with E-state index in [2.05, 4.69) is 0 Å². The molecule has 0 N–H and O–H groups in total. The van der Waals surface area contributed by atoms with Crippen molar-refractivity contribution >= 4 is 28.0 Å². The molecule has 0 heterocycles. The average Bonchev–Trinajstić information content (AvgIpc) is 2.06. The van der Waals surface area contributed by atoms with Crippen LogP contribution in [0, 0.1) is 0 Å². The highest BCUT2D eigenvalue weighted by Gasteiger charge is 1.99. The molecule has 0 aliphatic heterocycles. The molecule has 0 aliphatic rings. The Morgan fingerprint density at radius 2 is 1.91 bits per heavy atom. The van der Waals surface area contributed by atoms with Gasteiger partial charge in [0.25, 0.3) is 4.45 Å². The van der Waals surface area contributed by atoms with Crippen molar-refractivity contribution in [3.63, 3.8) is 0 Å². The van der Waals surface area contributed by atoms with E-state index < -0.39 is 0 Å². The molecule has 0 aliphatic carbocycles. The smallest absolute Gasteiger partial charge is 0.250 e. The van der Waals surface area contributed by atoms with Crippen molar-refractivity contribution < 1.29 is 4.79 Å². The van der Waals surface area contributed by atoms with Crippen LogP contribution in [0.3, 0.4) is 0 Å². The summed E-state index contributed by atoms with van der Waals surface area (Å²) < 4.78 is 0.135. The largest absolute Gasteiger partial charge is 0.274 e. The van der Waals surface area contributed by atoms with Gasteiger partial charge in [0, 0.05) is 4.90 Å². The highest BCUT2D eigenvalue weighted by Crippen LogP contribution is 2.23. The molecule has 1 rings (SSSR count). The molecule has 1 aromatic rings. The molecule has 0 aromatic heterocycles. The third kappa shape index (κ3) is 2.99. The standard InChI is InChI=1S/C8H8OS2/c1-10-8(9)11-7-5-3-2-4-6-7/h2-6H,1H3. The third-order valence-electron chi connectivity index (χ3n) is 1.11. The van der Waals surface area contributed by atoms with Gasteiger partial charge in [0.05, 0.1) is 0 Å². The molecule has 0 bridgehead atoms. The minimum absolute atomic E-state index is 0.135. The number of carbonyl (C=O) groups excluding carboxylic acids is 1. The number of hydrogen-bond donors (Lipinski definition) is 0. The quantitative estimate of drug-likeness (QED) is 0.624. The molecule has 0 radical (unpaired) electrons. The zero-order valence-electron chi connectivity index (χ0n) is 6.11. The number of rotatable bonds is 1. The lowest BCUT2D eigenvalue weighted by molar-refractivity contribution is 0.276. The van der Waals surface area contributed by atoms with Crippen LogP contribution in [0.2, 0.25) is 0 Å². The fraction of sp³-hybridized carbons (Fsp3) is 0.125. The molecule has 11 heavy (non-hydrogen) atoms. The monoisotopic (exact) mass is 184 g/mol. The predicted molar refractivity (Wildman–Crippen MR) is 51.2 cm³/mol. The predicted octanol–water partition coefficient (Wildman–Crippen LogP) is 3.26. The number of benzene rings is 1. The molecule has 3 heteroatoms. The molecule has 0 fully saturated rings. The van der Waals surface area contributed by atoms with E-state index in [9.17, 15) is 4.79 Å². The first-order valence-electron chi connectivity index (χ1n) is 3.14. The summed E-state index contributed by atoms with van der Waals surface area (Å²) in [7, 11) is 0. The minimum atomic E-state index is 0.135. The lowest BCUT2D eigenvalue weighted by Crippen LogP contribution is -1.77. The van der Waals surface area contributed by atoms with Crippen molar-refractivity contribution in [2.45, 2.75) is 4.90 Å². The van der Waals surface area contributed by atoms with Crippen LogP contribution in [0.25, 0.3) is 0 Å². The summed E-state index contributed by atoms with van der Waals surface area (Å²) in [5, 5.41) is 0. The first-order valence-corrected chi connectivity index (χ1v) is 5.18. The summed E-state index contributed by atoms with van der Waals surface area (Å²) in [5.41, 5.74) is 0. The van der Waals surface area contributed by atoms with E-state index in [0.29, 0.717) is 0 Å². The molecule has 1 aromatic carbocycles. The molecule has 0 unspecified atom stereocenters. The Bertz CT molecular complexity index is 233. The second-order valence-electron chi connectivity index (χ2n) is 1.87. The molecule has 0 amide bonds. The van der Waals surface area contributed by atoms with Gasteiger partial charge in [-0.1, -0.05) is 30.0 Å². The molecule has 1 nitrogen and oxygen atoms in total. The SMILES string of the molecule is CSC(=O)Sc1ccccc1. The second kappa shape index (κ2) is 4.46. The van der Waals surface area contributed by atoms with E-state index in [0.717, 1.165) is 4.90 Å². The lowest BCUT2D eigenvalue weighted by atomic mass is 10.4. The fourth-order valence-corrected chi connectivity index (χ4v) is 1.73. The molecular weight excluding hydrogens is 176 g/mol. The van der Waals surface area contributed by atoms with Gasteiger partial charge in [0.15, 0.2) is 0 Å². The van der Waals surface area contributed by atoms with E-state index in [-0.39, 0.29) is 4.45 Å². The van der Waals surface area contributed by atoms with Crippen molar-refractivity contribution in [2.75, 3.05) is 6.26 Å². The average molecular weight is 184 g/mol. The summed E-state index contributed by atoms with van der Waals surface area (Å²) >= 11 is 2.51. The molecule has 58 valence electrons. The zero-order valence-corrected chi connectivity index (χ0v) is 7.74. The van der Waals surface area contributed by atoms with Crippen LogP contribution in [0.1, 0.15) is 0 Å². The zero-order chi connectivity index (χ0) is 8.10. The highest BCUT2D eigenvalue weighted by molar-refractivity contribution is 8.38. The van der Waals surface area contributed by atoms with Crippen LogP contribution in [0.15, 0.2) is 35.2 Å². The first kappa shape index (κ1) is 8.68. The molecule has 0 saturated carbocycles. The van der Waals surface area contributed by atoms with Crippen LogP contribution in [0.5, 0.6) is 0 Å². The maximum atomic E-state index is 10.9. The maximum absolute atomic E-state index is 10.9. The van der Waals surface area contributed by atoms with Gasteiger partial charge in [-0.3, -0.25) is 4.79 Å². The van der Waals surface area contributed by atoms with Crippen LogP contribution in [-0.4, -0.2) is 10.7 Å². The highest BCUT2D eigenvalue weighted by atomic mass is 32.2. The topological polar surface area (TPSA) is 17.1 Å². The summed E-state index contributed by atoms with van der Waals surface area (Å²) in [5.74, 6) is 0. The van der Waals surface area contributed by atoms with Crippen molar-refractivity contribution in [1.29, 1.82) is 0 Å². The Labute approximate surface area is 74.6 Å². The third-order valence-corrected chi connectivity index (χ3v) is 2.87. The number of carbonyl (C=O) groups is 1.